The SMILES string of the molecule is C=N/C(=C(C)\C=C(/CC)N[C@@H]1CCCNC1)c1ccc(C(C)(F)F)cc1O. The quantitative estimate of drug-likeness (QED) is 0.482. The van der Waals surface area contributed by atoms with Gasteiger partial charge in [-0.1, -0.05) is 13.0 Å². The van der Waals surface area contributed by atoms with Crippen LogP contribution in [0.2, 0.25) is 0 Å². The van der Waals surface area contributed by atoms with Gasteiger partial charge in [-0.25, -0.2) is 8.78 Å². The molecule has 0 aromatic heterocycles. The number of nitrogens with zero attached hydrogens (tertiary/aromatic N) is 1. The van der Waals surface area contributed by atoms with Gasteiger partial charge in [0.15, 0.2) is 0 Å². The number of aliphatic imine (C=N–C) groups is 1. The zero-order valence-electron chi connectivity index (χ0n) is 16.3. The summed E-state index contributed by atoms with van der Waals surface area (Å²) >= 11 is 0. The van der Waals surface area contributed by atoms with E-state index in [1.807, 2.05) is 13.0 Å². The standard InChI is InChI=1S/C21H29F2N3O/c1-5-16(26-17-7-6-10-25-13-17)11-14(2)20(24-4)18-9-8-15(12-19(18)27)21(3,22)23/h8-9,11-12,17,25-27H,4-7,10,13H2,1-3H3/b16-11+,20-14-/t17-/m1/s1. The van der Waals surface area contributed by atoms with Crippen molar-refractivity contribution in [3.8, 4) is 5.75 Å². The summed E-state index contributed by atoms with van der Waals surface area (Å²) in [4.78, 5) is 4.04. The van der Waals surface area contributed by atoms with Gasteiger partial charge >= 0.3 is 0 Å². The molecule has 0 saturated carbocycles. The van der Waals surface area contributed by atoms with Crippen LogP contribution in [0.25, 0.3) is 5.70 Å². The average Bonchev–Trinajstić information content (AvgIpc) is 2.63. The highest BCUT2D eigenvalue weighted by Crippen LogP contribution is 2.35. The van der Waals surface area contributed by atoms with Gasteiger partial charge in [0, 0.05) is 36.3 Å². The monoisotopic (exact) mass is 377 g/mol. The number of allylic oxidation sites excluding steroid dienone is 3. The molecule has 6 heteroatoms. The van der Waals surface area contributed by atoms with Crippen molar-refractivity contribution < 1.29 is 13.9 Å². The van der Waals surface area contributed by atoms with Gasteiger partial charge in [0.25, 0.3) is 5.92 Å². The fourth-order valence-corrected chi connectivity index (χ4v) is 3.24. The first-order chi connectivity index (χ1) is 12.8. The number of aromatic hydroxyl groups is 1. The molecule has 1 aromatic carbocycles. The Morgan fingerprint density at radius 2 is 2.22 bits per heavy atom. The molecule has 1 aromatic rings. The molecular weight excluding hydrogens is 348 g/mol. The summed E-state index contributed by atoms with van der Waals surface area (Å²) in [7, 11) is 0. The summed E-state index contributed by atoms with van der Waals surface area (Å²) < 4.78 is 26.9. The highest BCUT2D eigenvalue weighted by Gasteiger charge is 2.25. The number of piperidine rings is 1. The van der Waals surface area contributed by atoms with E-state index in [-0.39, 0.29) is 11.3 Å². The molecule has 0 radical (unpaired) electrons. The van der Waals surface area contributed by atoms with Crippen molar-refractivity contribution in [3.63, 3.8) is 0 Å². The number of hydrogen-bond donors (Lipinski definition) is 3. The number of hydrogen-bond acceptors (Lipinski definition) is 4. The first kappa shape index (κ1) is 21.1. The van der Waals surface area contributed by atoms with Crippen LogP contribution in [0.15, 0.2) is 40.5 Å². The fourth-order valence-electron chi connectivity index (χ4n) is 3.24. The molecule has 2 rings (SSSR count). The largest absolute Gasteiger partial charge is 0.507 e. The Morgan fingerprint density at radius 3 is 2.74 bits per heavy atom. The third-order valence-electron chi connectivity index (χ3n) is 4.75. The van der Waals surface area contributed by atoms with Crippen LogP contribution in [0.5, 0.6) is 5.75 Å². The van der Waals surface area contributed by atoms with E-state index in [0.29, 0.717) is 17.3 Å². The molecule has 148 valence electrons. The second-order valence-electron chi connectivity index (χ2n) is 7.02. The number of phenolic OH excluding ortho intramolecular Hbond substituents is 1. The lowest BCUT2D eigenvalue weighted by atomic mass is 10.0. The predicted molar refractivity (Wildman–Crippen MR) is 107 cm³/mol. The van der Waals surface area contributed by atoms with Crippen LogP contribution in [0.1, 0.15) is 51.2 Å². The van der Waals surface area contributed by atoms with Crippen molar-refractivity contribution >= 4 is 12.4 Å². The first-order valence-electron chi connectivity index (χ1n) is 9.33. The molecule has 1 fully saturated rings. The van der Waals surface area contributed by atoms with Crippen LogP contribution >= 0.6 is 0 Å². The number of phenols is 1. The van der Waals surface area contributed by atoms with E-state index < -0.39 is 5.92 Å². The van der Waals surface area contributed by atoms with Crippen molar-refractivity contribution in [2.75, 3.05) is 13.1 Å². The number of alkyl halides is 2. The van der Waals surface area contributed by atoms with Gasteiger partial charge in [-0.15, -0.1) is 0 Å². The zero-order valence-corrected chi connectivity index (χ0v) is 16.3. The van der Waals surface area contributed by atoms with Crippen LogP contribution in [0.4, 0.5) is 8.78 Å². The molecule has 1 aliphatic rings. The molecule has 0 unspecified atom stereocenters. The lowest BCUT2D eigenvalue weighted by molar-refractivity contribution is 0.0172. The van der Waals surface area contributed by atoms with Crippen LogP contribution in [-0.2, 0) is 5.92 Å². The minimum absolute atomic E-state index is 0.230. The maximum atomic E-state index is 13.5. The molecule has 27 heavy (non-hydrogen) atoms. The summed E-state index contributed by atoms with van der Waals surface area (Å²) in [5, 5.41) is 17.2. The smallest absolute Gasteiger partial charge is 0.270 e. The van der Waals surface area contributed by atoms with E-state index in [9.17, 15) is 13.9 Å². The molecule has 0 spiro atoms. The van der Waals surface area contributed by atoms with Crippen LogP contribution < -0.4 is 10.6 Å². The lowest BCUT2D eigenvalue weighted by Crippen LogP contribution is -2.42. The third kappa shape index (κ3) is 5.63. The molecule has 1 heterocycles. The number of rotatable bonds is 7. The Kier molecular flexibility index (Phi) is 7.13. The Balaban J connectivity index is 2.32. The van der Waals surface area contributed by atoms with Gasteiger partial charge in [0.1, 0.15) is 5.75 Å². The number of benzene rings is 1. The number of halogens is 2. The lowest BCUT2D eigenvalue weighted by Gasteiger charge is -2.26. The summed E-state index contributed by atoms with van der Waals surface area (Å²) in [5.74, 6) is -3.24. The highest BCUT2D eigenvalue weighted by atomic mass is 19.3. The summed E-state index contributed by atoms with van der Waals surface area (Å²) in [6.07, 6.45) is 5.07. The molecule has 1 aliphatic heterocycles. The van der Waals surface area contributed by atoms with Gasteiger partial charge in [-0.3, -0.25) is 4.99 Å². The molecule has 3 N–H and O–H groups in total. The van der Waals surface area contributed by atoms with E-state index in [1.165, 1.54) is 12.1 Å². The van der Waals surface area contributed by atoms with Crippen molar-refractivity contribution in [1.29, 1.82) is 0 Å². The van der Waals surface area contributed by atoms with Gasteiger partial charge < -0.3 is 15.7 Å². The van der Waals surface area contributed by atoms with Crippen molar-refractivity contribution in [2.24, 2.45) is 4.99 Å². The van der Waals surface area contributed by atoms with Crippen molar-refractivity contribution in [3.05, 3.63) is 46.7 Å². The van der Waals surface area contributed by atoms with Gasteiger partial charge in [0.2, 0.25) is 0 Å². The maximum absolute atomic E-state index is 13.5. The van der Waals surface area contributed by atoms with Crippen LogP contribution in [-0.4, -0.2) is 31.0 Å². The van der Waals surface area contributed by atoms with E-state index in [0.717, 1.165) is 56.6 Å². The van der Waals surface area contributed by atoms with E-state index in [4.69, 9.17) is 0 Å². The second-order valence-corrected chi connectivity index (χ2v) is 7.02. The molecule has 1 saturated heterocycles. The Morgan fingerprint density at radius 1 is 1.48 bits per heavy atom. The topological polar surface area (TPSA) is 56.7 Å². The molecular formula is C21H29F2N3O. The average molecular weight is 377 g/mol. The Bertz CT molecular complexity index is 729. The van der Waals surface area contributed by atoms with Crippen LogP contribution in [0.3, 0.4) is 0 Å². The second kappa shape index (κ2) is 9.13. The fraction of sp³-hybridized carbons (Fsp3) is 0.476. The summed E-state index contributed by atoms with van der Waals surface area (Å²) in [6, 6.07) is 4.25. The third-order valence-corrected chi connectivity index (χ3v) is 4.75. The molecule has 0 aliphatic carbocycles. The molecule has 0 bridgehead atoms. The summed E-state index contributed by atoms with van der Waals surface area (Å²) in [5.41, 5.74) is 2.51. The minimum Gasteiger partial charge on any atom is -0.507 e. The molecule has 4 nitrogen and oxygen atoms in total. The zero-order chi connectivity index (χ0) is 20.0. The van der Waals surface area contributed by atoms with Gasteiger partial charge in [-0.05, 0) is 63.2 Å². The van der Waals surface area contributed by atoms with E-state index >= 15 is 0 Å². The van der Waals surface area contributed by atoms with Crippen molar-refractivity contribution in [2.45, 2.75) is 52.0 Å². The molecule has 0 amide bonds. The minimum atomic E-state index is -3.01. The maximum Gasteiger partial charge on any atom is 0.270 e. The Hall–Kier alpha value is -2.21. The normalized spacial score (nSPS) is 19.4. The first-order valence-corrected chi connectivity index (χ1v) is 9.33. The van der Waals surface area contributed by atoms with Gasteiger partial charge in [0.05, 0.1) is 5.70 Å². The van der Waals surface area contributed by atoms with Crippen LogP contribution in [0, 0.1) is 0 Å². The number of nitrogens with one attached hydrogen (secondary N) is 2. The summed E-state index contributed by atoms with van der Waals surface area (Å²) in [6.45, 7) is 10.3. The Labute approximate surface area is 160 Å². The predicted octanol–water partition coefficient (Wildman–Crippen LogP) is 4.57. The highest BCUT2D eigenvalue weighted by molar-refractivity contribution is 5.76. The van der Waals surface area contributed by atoms with E-state index in [1.54, 1.807) is 0 Å². The van der Waals surface area contributed by atoms with Crippen molar-refractivity contribution in [1.82, 2.24) is 10.6 Å². The van der Waals surface area contributed by atoms with Gasteiger partial charge in [-0.2, -0.15) is 0 Å². The molecule has 1 atom stereocenters. The van der Waals surface area contributed by atoms with E-state index in [2.05, 4.69) is 29.3 Å².